The molecule has 0 saturated heterocycles. The van der Waals surface area contributed by atoms with Crippen LogP contribution in [0.15, 0.2) is 84.0 Å². The van der Waals surface area contributed by atoms with Crippen LogP contribution in [0.1, 0.15) is 17.5 Å². The zero-order valence-corrected chi connectivity index (χ0v) is 17.8. The molecule has 5 nitrogen and oxygen atoms in total. The van der Waals surface area contributed by atoms with Crippen LogP contribution in [0.3, 0.4) is 0 Å². The minimum atomic E-state index is -3.54. The van der Waals surface area contributed by atoms with E-state index in [1.54, 1.807) is 24.5 Å². The summed E-state index contributed by atoms with van der Waals surface area (Å²) in [5, 5.41) is 0.511. The van der Waals surface area contributed by atoms with Gasteiger partial charge in [0.2, 0.25) is 10.0 Å². The molecule has 154 valence electrons. The van der Waals surface area contributed by atoms with Gasteiger partial charge in [-0.25, -0.2) is 8.42 Å². The Bertz CT molecular complexity index is 1150. The van der Waals surface area contributed by atoms with Gasteiger partial charge in [0.25, 0.3) is 0 Å². The number of ether oxygens (including phenoxy) is 1. The predicted octanol–water partition coefficient (Wildman–Crippen LogP) is 4.79. The van der Waals surface area contributed by atoms with Crippen LogP contribution in [0, 0.1) is 0 Å². The molecule has 0 fully saturated rings. The van der Waals surface area contributed by atoms with E-state index in [1.807, 2.05) is 42.5 Å². The Balaban J connectivity index is 1.45. The van der Waals surface area contributed by atoms with Gasteiger partial charge in [-0.05, 0) is 53.5 Å². The summed E-state index contributed by atoms with van der Waals surface area (Å²) in [7, 11) is -3.54. The first kappa shape index (κ1) is 20.6. The first-order valence-electron chi connectivity index (χ1n) is 9.59. The largest absolute Gasteiger partial charge is 0.487 e. The van der Waals surface area contributed by atoms with Gasteiger partial charge in [-0.2, -0.15) is 4.31 Å². The van der Waals surface area contributed by atoms with Crippen molar-refractivity contribution in [2.75, 3.05) is 13.1 Å². The fourth-order valence-electron chi connectivity index (χ4n) is 3.30. The summed E-state index contributed by atoms with van der Waals surface area (Å²) in [5.41, 5.74) is 3.10. The molecule has 7 heteroatoms. The average Bonchev–Trinajstić information content (AvgIpc) is 2.79. The van der Waals surface area contributed by atoms with Crippen LogP contribution in [0.4, 0.5) is 0 Å². The smallest absolute Gasteiger partial charge is 0.243 e. The van der Waals surface area contributed by atoms with Crippen molar-refractivity contribution in [3.05, 3.63) is 95.3 Å². The average molecular weight is 441 g/mol. The highest BCUT2D eigenvalue weighted by Crippen LogP contribution is 2.28. The topological polar surface area (TPSA) is 59.5 Å². The van der Waals surface area contributed by atoms with Crippen molar-refractivity contribution in [3.8, 4) is 5.75 Å². The highest BCUT2D eigenvalue weighted by atomic mass is 35.5. The van der Waals surface area contributed by atoms with Gasteiger partial charge < -0.3 is 4.74 Å². The summed E-state index contributed by atoms with van der Waals surface area (Å²) in [5.74, 6) is 0.688. The minimum Gasteiger partial charge on any atom is -0.487 e. The standard InChI is InChI=1S/C23H21ClN2O3S/c24-21-6-8-23(9-7-21)30(27,28)26-12-10-19(11-13-26)20-14-22(16-25-15-20)29-17-18-4-2-1-3-5-18/h1-10,14-16H,11-13,17H2. The number of nitrogens with zero attached hydrogens (tertiary/aromatic N) is 2. The van der Waals surface area contributed by atoms with E-state index >= 15 is 0 Å². The summed E-state index contributed by atoms with van der Waals surface area (Å²) in [6.45, 7) is 1.19. The van der Waals surface area contributed by atoms with Crippen molar-refractivity contribution in [2.24, 2.45) is 0 Å². The van der Waals surface area contributed by atoms with Gasteiger partial charge in [-0.15, -0.1) is 0 Å². The van der Waals surface area contributed by atoms with E-state index in [1.165, 1.54) is 16.4 Å². The molecule has 0 unspecified atom stereocenters. The SMILES string of the molecule is O=S(=O)(c1ccc(Cl)cc1)N1CC=C(c2cncc(OCc3ccccc3)c2)CC1. The second kappa shape index (κ2) is 9.00. The van der Waals surface area contributed by atoms with Crippen LogP contribution < -0.4 is 4.74 Å². The van der Waals surface area contributed by atoms with Crippen molar-refractivity contribution in [3.63, 3.8) is 0 Å². The first-order chi connectivity index (χ1) is 14.5. The molecule has 0 spiro atoms. The minimum absolute atomic E-state index is 0.252. The zero-order chi connectivity index (χ0) is 21.0. The van der Waals surface area contributed by atoms with Gasteiger partial charge in [-0.3, -0.25) is 4.98 Å². The number of aromatic nitrogens is 1. The van der Waals surface area contributed by atoms with E-state index < -0.39 is 10.0 Å². The van der Waals surface area contributed by atoms with Crippen molar-refractivity contribution < 1.29 is 13.2 Å². The molecule has 1 aromatic heterocycles. The second-order valence-corrected chi connectivity index (χ2v) is 9.35. The summed E-state index contributed by atoms with van der Waals surface area (Å²) in [6.07, 6.45) is 6.02. The summed E-state index contributed by atoms with van der Waals surface area (Å²) < 4.78 is 33.0. The highest BCUT2D eigenvalue weighted by Gasteiger charge is 2.26. The number of benzene rings is 2. The lowest BCUT2D eigenvalue weighted by molar-refractivity contribution is 0.305. The number of rotatable bonds is 6. The van der Waals surface area contributed by atoms with Crippen LogP contribution in [-0.2, 0) is 16.6 Å². The van der Waals surface area contributed by atoms with E-state index in [2.05, 4.69) is 4.98 Å². The van der Waals surface area contributed by atoms with Gasteiger partial charge in [-0.1, -0.05) is 48.0 Å². The van der Waals surface area contributed by atoms with Crippen molar-refractivity contribution >= 4 is 27.2 Å². The molecular weight excluding hydrogens is 420 g/mol. The molecule has 1 aliphatic heterocycles. The molecule has 0 saturated carbocycles. The Labute approximate surface area is 181 Å². The van der Waals surface area contributed by atoms with E-state index in [-0.39, 0.29) is 4.90 Å². The molecule has 0 bridgehead atoms. The van der Waals surface area contributed by atoms with Crippen LogP contribution in [-0.4, -0.2) is 30.8 Å². The van der Waals surface area contributed by atoms with Gasteiger partial charge in [0.1, 0.15) is 12.4 Å². The Morgan fingerprint density at radius 2 is 1.80 bits per heavy atom. The number of hydrogen-bond donors (Lipinski definition) is 0. The Hall–Kier alpha value is -2.67. The van der Waals surface area contributed by atoms with E-state index in [9.17, 15) is 8.42 Å². The predicted molar refractivity (Wildman–Crippen MR) is 118 cm³/mol. The molecule has 2 heterocycles. The molecular formula is C23H21ClN2O3S. The van der Waals surface area contributed by atoms with Crippen LogP contribution >= 0.6 is 11.6 Å². The maximum absolute atomic E-state index is 12.8. The molecule has 0 radical (unpaired) electrons. The number of halogens is 1. The van der Waals surface area contributed by atoms with Gasteiger partial charge in [0.05, 0.1) is 11.1 Å². The molecule has 0 aliphatic carbocycles. The normalized spacial score (nSPS) is 14.9. The lowest BCUT2D eigenvalue weighted by atomic mass is 10.0. The van der Waals surface area contributed by atoms with Crippen molar-refractivity contribution in [1.82, 2.24) is 9.29 Å². The number of hydrogen-bond acceptors (Lipinski definition) is 4. The van der Waals surface area contributed by atoms with Gasteiger partial charge in [0.15, 0.2) is 0 Å². The van der Waals surface area contributed by atoms with Crippen molar-refractivity contribution in [1.29, 1.82) is 0 Å². The van der Waals surface area contributed by atoms with Crippen LogP contribution in [0.5, 0.6) is 5.75 Å². The summed E-state index contributed by atoms with van der Waals surface area (Å²) in [6, 6.07) is 18.1. The molecule has 2 aromatic carbocycles. The van der Waals surface area contributed by atoms with Gasteiger partial charge >= 0.3 is 0 Å². The monoisotopic (exact) mass is 440 g/mol. The Morgan fingerprint density at radius 3 is 2.50 bits per heavy atom. The summed E-state index contributed by atoms with van der Waals surface area (Å²) >= 11 is 5.87. The highest BCUT2D eigenvalue weighted by molar-refractivity contribution is 7.89. The third-order valence-corrected chi connectivity index (χ3v) is 7.09. The molecule has 4 rings (SSSR count). The molecule has 0 atom stereocenters. The third kappa shape index (κ3) is 4.73. The van der Waals surface area contributed by atoms with E-state index in [0.717, 1.165) is 16.7 Å². The molecule has 30 heavy (non-hydrogen) atoms. The van der Waals surface area contributed by atoms with E-state index in [0.29, 0.717) is 36.9 Å². The second-order valence-electron chi connectivity index (χ2n) is 6.98. The maximum Gasteiger partial charge on any atom is 0.243 e. The molecule has 3 aromatic rings. The lowest BCUT2D eigenvalue weighted by Crippen LogP contribution is -2.34. The number of pyridine rings is 1. The first-order valence-corrected chi connectivity index (χ1v) is 11.4. The van der Waals surface area contributed by atoms with Crippen LogP contribution in [0.2, 0.25) is 5.02 Å². The van der Waals surface area contributed by atoms with Crippen molar-refractivity contribution in [2.45, 2.75) is 17.9 Å². The zero-order valence-electron chi connectivity index (χ0n) is 16.2. The lowest BCUT2D eigenvalue weighted by Gasteiger charge is -2.26. The molecule has 0 amide bonds. The Kier molecular flexibility index (Phi) is 6.18. The Morgan fingerprint density at radius 1 is 1.03 bits per heavy atom. The molecule has 0 N–H and O–H groups in total. The quantitative estimate of drug-likeness (QED) is 0.552. The summed E-state index contributed by atoms with van der Waals surface area (Å²) in [4.78, 5) is 4.54. The maximum atomic E-state index is 12.8. The van der Waals surface area contributed by atoms with E-state index in [4.69, 9.17) is 16.3 Å². The fourth-order valence-corrected chi connectivity index (χ4v) is 4.81. The number of sulfonamides is 1. The van der Waals surface area contributed by atoms with Gasteiger partial charge in [0, 0.05) is 24.3 Å². The van der Waals surface area contributed by atoms with Crippen LogP contribution in [0.25, 0.3) is 5.57 Å². The molecule has 1 aliphatic rings. The third-order valence-electron chi connectivity index (χ3n) is 4.96. The fraction of sp³-hybridized carbons (Fsp3) is 0.174.